The van der Waals surface area contributed by atoms with Crippen molar-refractivity contribution in [1.82, 2.24) is 25.9 Å². The number of imidazole rings is 1. The summed E-state index contributed by atoms with van der Waals surface area (Å²) in [6, 6.07) is -4.07. The van der Waals surface area contributed by atoms with Gasteiger partial charge >= 0.3 is 5.97 Å². The van der Waals surface area contributed by atoms with Crippen molar-refractivity contribution < 1.29 is 24.3 Å². The van der Waals surface area contributed by atoms with Gasteiger partial charge in [-0.1, -0.05) is 27.7 Å². The third-order valence-electron chi connectivity index (χ3n) is 5.48. The zero-order valence-corrected chi connectivity index (χ0v) is 21.9. The van der Waals surface area contributed by atoms with Crippen LogP contribution in [0.3, 0.4) is 0 Å². The number of carbonyl (C=O) groups is 4. The molecule has 1 rings (SSSR count). The van der Waals surface area contributed by atoms with E-state index in [1.807, 2.05) is 13.8 Å². The van der Waals surface area contributed by atoms with Crippen LogP contribution < -0.4 is 33.2 Å². The Bertz CT molecular complexity index is 914. The van der Waals surface area contributed by atoms with Gasteiger partial charge in [0.15, 0.2) is 5.96 Å². The van der Waals surface area contributed by atoms with Crippen LogP contribution in [-0.4, -0.2) is 75.4 Å². The number of nitrogens with two attached hydrogens (primary N) is 3. The number of carbonyl (C=O) groups excluding carboxylic acids is 3. The number of nitrogens with zero attached hydrogens (tertiary/aromatic N) is 2. The van der Waals surface area contributed by atoms with E-state index in [4.69, 9.17) is 17.2 Å². The number of rotatable bonds is 16. The first-order valence-electron chi connectivity index (χ1n) is 12.2. The molecule has 4 atom stereocenters. The third-order valence-corrected chi connectivity index (χ3v) is 5.48. The van der Waals surface area contributed by atoms with E-state index in [1.165, 1.54) is 6.33 Å². The van der Waals surface area contributed by atoms with Crippen LogP contribution in [0.4, 0.5) is 0 Å². The van der Waals surface area contributed by atoms with Crippen LogP contribution in [0.25, 0.3) is 0 Å². The molecule has 208 valence electrons. The topological polar surface area (TPSA) is 244 Å². The predicted octanol–water partition coefficient (Wildman–Crippen LogP) is -1.43. The summed E-state index contributed by atoms with van der Waals surface area (Å²) in [6.07, 6.45) is 3.97. The second-order valence-corrected chi connectivity index (χ2v) is 9.66. The molecule has 4 unspecified atom stereocenters. The monoisotopic (exact) mass is 523 g/mol. The summed E-state index contributed by atoms with van der Waals surface area (Å²) in [5, 5.41) is 17.3. The first-order valence-corrected chi connectivity index (χ1v) is 12.2. The number of aromatic nitrogens is 2. The molecule has 14 nitrogen and oxygen atoms in total. The molecule has 14 heteroatoms. The molecule has 37 heavy (non-hydrogen) atoms. The molecule has 0 fully saturated rings. The number of aliphatic carboxylic acids is 1. The van der Waals surface area contributed by atoms with Gasteiger partial charge in [-0.15, -0.1) is 0 Å². The van der Waals surface area contributed by atoms with Crippen molar-refractivity contribution in [3.05, 3.63) is 18.2 Å². The molecule has 3 amide bonds. The van der Waals surface area contributed by atoms with Crippen LogP contribution in [0.2, 0.25) is 0 Å². The highest BCUT2D eigenvalue weighted by atomic mass is 16.4. The minimum absolute atomic E-state index is 0.0489. The van der Waals surface area contributed by atoms with Gasteiger partial charge in [0, 0.05) is 24.9 Å². The fraction of sp³-hybridized carbons (Fsp3) is 0.652. The highest BCUT2D eigenvalue weighted by Gasteiger charge is 2.32. The summed E-state index contributed by atoms with van der Waals surface area (Å²) in [4.78, 5) is 61.0. The van der Waals surface area contributed by atoms with Gasteiger partial charge in [0.1, 0.15) is 18.1 Å². The van der Waals surface area contributed by atoms with Crippen molar-refractivity contribution in [2.45, 2.75) is 77.5 Å². The van der Waals surface area contributed by atoms with E-state index in [0.717, 1.165) is 0 Å². The van der Waals surface area contributed by atoms with Gasteiger partial charge in [-0.05, 0) is 31.1 Å². The molecule has 0 aliphatic heterocycles. The van der Waals surface area contributed by atoms with Crippen LogP contribution in [0.1, 0.15) is 52.7 Å². The highest BCUT2D eigenvalue weighted by Crippen LogP contribution is 2.10. The molecule has 0 aliphatic carbocycles. The zero-order chi connectivity index (χ0) is 28.1. The number of H-pyrrole nitrogens is 1. The van der Waals surface area contributed by atoms with Crippen LogP contribution in [0.15, 0.2) is 17.5 Å². The fourth-order valence-corrected chi connectivity index (χ4v) is 3.52. The Labute approximate surface area is 216 Å². The lowest BCUT2D eigenvalue weighted by molar-refractivity contribution is -0.142. The van der Waals surface area contributed by atoms with Gasteiger partial charge in [-0.25, -0.2) is 9.78 Å². The minimum atomic E-state index is -1.22. The Hall–Kier alpha value is -3.68. The molecule has 0 saturated heterocycles. The van der Waals surface area contributed by atoms with Crippen LogP contribution in [0.5, 0.6) is 0 Å². The quantitative estimate of drug-likeness (QED) is 0.0718. The normalized spacial score (nSPS) is 14.4. The van der Waals surface area contributed by atoms with E-state index in [1.54, 1.807) is 20.0 Å². The van der Waals surface area contributed by atoms with E-state index < -0.39 is 47.9 Å². The molecule has 0 aromatic carbocycles. The Balaban J connectivity index is 2.87. The highest BCUT2D eigenvalue weighted by molar-refractivity contribution is 5.94. The number of amides is 3. The summed E-state index contributed by atoms with van der Waals surface area (Å²) in [7, 11) is 0. The van der Waals surface area contributed by atoms with Gasteiger partial charge in [0.05, 0.1) is 12.4 Å². The van der Waals surface area contributed by atoms with Crippen molar-refractivity contribution in [3.63, 3.8) is 0 Å². The lowest BCUT2D eigenvalue weighted by Gasteiger charge is -2.27. The molecule has 1 heterocycles. The Kier molecular flexibility index (Phi) is 13.1. The number of aromatic amines is 1. The maximum atomic E-state index is 13.1. The molecule has 0 saturated carbocycles. The smallest absolute Gasteiger partial charge is 0.326 e. The first kappa shape index (κ1) is 31.4. The molecule has 1 aromatic rings. The number of carboxylic acid groups (broad SMARTS) is 1. The molecular formula is C23H41N9O5. The molecule has 11 N–H and O–H groups in total. The fourth-order valence-electron chi connectivity index (χ4n) is 3.52. The standard InChI is InChI=1S/C23H41N9O5/c1-12(2)8-17(31-19(33)15(24)9-14-10-27-11-29-14)20(34)32-18(13(3)4)21(35)30-16(22(36)37)6-5-7-28-23(25)26/h10-13,15-18H,5-9,24H2,1-4H3,(H,27,29)(H,30,35)(H,31,33)(H,32,34)(H,36,37)(H4,25,26,28). The maximum Gasteiger partial charge on any atom is 0.326 e. The third kappa shape index (κ3) is 11.7. The van der Waals surface area contributed by atoms with Crippen molar-refractivity contribution >= 4 is 29.7 Å². The Morgan fingerprint density at radius 3 is 2.19 bits per heavy atom. The summed E-state index contributed by atoms with van der Waals surface area (Å²) >= 11 is 0. The molecule has 0 radical (unpaired) electrons. The lowest BCUT2D eigenvalue weighted by Crippen LogP contribution is -2.58. The van der Waals surface area contributed by atoms with E-state index in [2.05, 4.69) is 30.9 Å². The first-order chi connectivity index (χ1) is 17.3. The van der Waals surface area contributed by atoms with Crippen molar-refractivity contribution in [3.8, 4) is 0 Å². The van der Waals surface area contributed by atoms with Gasteiger partial charge in [0.25, 0.3) is 0 Å². The summed E-state index contributed by atoms with van der Waals surface area (Å²) in [6.45, 7) is 7.43. The average Bonchev–Trinajstić information content (AvgIpc) is 3.30. The largest absolute Gasteiger partial charge is 0.480 e. The second-order valence-electron chi connectivity index (χ2n) is 9.66. The minimum Gasteiger partial charge on any atom is -0.480 e. The Morgan fingerprint density at radius 2 is 1.68 bits per heavy atom. The van der Waals surface area contributed by atoms with E-state index >= 15 is 0 Å². The molecule has 0 spiro atoms. The molecular weight excluding hydrogens is 482 g/mol. The average molecular weight is 524 g/mol. The van der Waals surface area contributed by atoms with Gasteiger partial charge in [-0.3, -0.25) is 19.4 Å². The predicted molar refractivity (Wildman–Crippen MR) is 138 cm³/mol. The van der Waals surface area contributed by atoms with E-state index in [-0.39, 0.29) is 37.2 Å². The lowest BCUT2D eigenvalue weighted by atomic mass is 9.99. The zero-order valence-electron chi connectivity index (χ0n) is 21.9. The summed E-state index contributed by atoms with van der Waals surface area (Å²) in [5.41, 5.74) is 17.2. The summed E-state index contributed by atoms with van der Waals surface area (Å²) < 4.78 is 0. The van der Waals surface area contributed by atoms with Gasteiger partial charge < -0.3 is 43.2 Å². The number of carboxylic acids is 1. The second kappa shape index (κ2) is 15.4. The Morgan fingerprint density at radius 1 is 1.03 bits per heavy atom. The van der Waals surface area contributed by atoms with Crippen LogP contribution >= 0.6 is 0 Å². The summed E-state index contributed by atoms with van der Waals surface area (Å²) in [5.74, 6) is -3.38. The van der Waals surface area contributed by atoms with Crippen molar-refractivity contribution in [2.75, 3.05) is 6.54 Å². The molecule has 1 aromatic heterocycles. The van der Waals surface area contributed by atoms with Crippen LogP contribution in [0, 0.1) is 11.8 Å². The molecule has 0 bridgehead atoms. The van der Waals surface area contributed by atoms with E-state index in [0.29, 0.717) is 18.5 Å². The van der Waals surface area contributed by atoms with Gasteiger partial charge in [-0.2, -0.15) is 0 Å². The van der Waals surface area contributed by atoms with Crippen molar-refractivity contribution in [2.24, 2.45) is 34.0 Å². The maximum absolute atomic E-state index is 13.1. The number of nitrogens with one attached hydrogen (secondary N) is 4. The SMILES string of the molecule is CC(C)CC(NC(=O)C(N)Cc1cnc[nH]1)C(=O)NC(C(=O)NC(CCCN=C(N)N)C(=O)O)C(C)C. The number of guanidine groups is 1. The number of aliphatic imine (C=N–C) groups is 1. The number of hydrogen-bond donors (Lipinski definition) is 8. The number of hydrogen-bond acceptors (Lipinski definition) is 7. The molecule has 0 aliphatic rings. The van der Waals surface area contributed by atoms with E-state index in [9.17, 15) is 24.3 Å². The van der Waals surface area contributed by atoms with Gasteiger partial charge in [0.2, 0.25) is 17.7 Å². The van der Waals surface area contributed by atoms with Crippen molar-refractivity contribution in [1.29, 1.82) is 0 Å². The van der Waals surface area contributed by atoms with Crippen LogP contribution in [-0.2, 0) is 25.6 Å².